The first-order valence-electron chi connectivity index (χ1n) is 10.0. The van der Waals surface area contributed by atoms with Crippen LogP contribution in [0.5, 0.6) is 0 Å². The monoisotopic (exact) mass is 377 g/mol. The Bertz CT molecular complexity index is 608. The van der Waals surface area contributed by atoms with Gasteiger partial charge in [-0.25, -0.2) is 4.39 Å². The molecule has 0 radical (unpaired) electrons. The highest BCUT2D eigenvalue weighted by molar-refractivity contribution is 5.76. The SMILES string of the molecule is CC(CC(=O)NCC1(N2CCOCC2)CCN(C)CC1)c1ccc(F)cc1. The first-order chi connectivity index (χ1) is 13.0. The summed E-state index contributed by atoms with van der Waals surface area (Å²) in [5.74, 6) is -0.106. The van der Waals surface area contributed by atoms with Gasteiger partial charge in [0.15, 0.2) is 0 Å². The highest BCUT2D eigenvalue weighted by Gasteiger charge is 2.40. The van der Waals surface area contributed by atoms with Crippen LogP contribution in [0.15, 0.2) is 24.3 Å². The quantitative estimate of drug-likeness (QED) is 0.826. The van der Waals surface area contributed by atoms with Gasteiger partial charge < -0.3 is 15.0 Å². The fraction of sp³-hybridized carbons (Fsp3) is 0.667. The third-order valence-corrected chi connectivity index (χ3v) is 6.14. The number of nitrogens with zero attached hydrogens (tertiary/aromatic N) is 2. The maximum absolute atomic E-state index is 13.1. The minimum Gasteiger partial charge on any atom is -0.379 e. The Labute approximate surface area is 161 Å². The number of hydrogen-bond donors (Lipinski definition) is 1. The fourth-order valence-corrected chi connectivity index (χ4v) is 4.20. The number of nitrogens with one attached hydrogen (secondary N) is 1. The van der Waals surface area contributed by atoms with Gasteiger partial charge in [0.05, 0.1) is 13.2 Å². The summed E-state index contributed by atoms with van der Waals surface area (Å²) in [6, 6.07) is 6.43. The van der Waals surface area contributed by atoms with E-state index in [2.05, 4.69) is 22.2 Å². The van der Waals surface area contributed by atoms with Crippen molar-refractivity contribution >= 4 is 5.91 Å². The van der Waals surface area contributed by atoms with Crippen LogP contribution in [0.3, 0.4) is 0 Å². The summed E-state index contributed by atoms with van der Waals surface area (Å²) in [7, 11) is 2.16. The van der Waals surface area contributed by atoms with E-state index >= 15 is 0 Å². The molecule has 1 unspecified atom stereocenters. The summed E-state index contributed by atoms with van der Waals surface area (Å²) in [6.07, 6.45) is 2.55. The first kappa shape index (κ1) is 20.2. The zero-order valence-electron chi connectivity index (χ0n) is 16.5. The van der Waals surface area contributed by atoms with Crippen LogP contribution in [0, 0.1) is 5.82 Å². The molecule has 6 heteroatoms. The van der Waals surface area contributed by atoms with E-state index in [1.807, 2.05) is 6.92 Å². The molecule has 5 nitrogen and oxygen atoms in total. The van der Waals surface area contributed by atoms with E-state index in [1.54, 1.807) is 12.1 Å². The summed E-state index contributed by atoms with van der Waals surface area (Å²) in [4.78, 5) is 17.5. The number of carbonyl (C=O) groups is 1. The normalized spacial score (nSPS) is 22.3. The number of likely N-dealkylation sites (tertiary alicyclic amines) is 1. The third kappa shape index (κ3) is 5.27. The van der Waals surface area contributed by atoms with Gasteiger partial charge in [0.1, 0.15) is 5.82 Å². The van der Waals surface area contributed by atoms with Crippen LogP contribution >= 0.6 is 0 Å². The molecule has 150 valence electrons. The van der Waals surface area contributed by atoms with Crippen LogP contribution in [0.1, 0.15) is 37.7 Å². The van der Waals surface area contributed by atoms with Crippen molar-refractivity contribution in [2.45, 2.75) is 37.6 Å². The highest BCUT2D eigenvalue weighted by atomic mass is 19.1. The van der Waals surface area contributed by atoms with Gasteiger partial charge in [0, 0.05) is 31.6 Å². The van der Waals surface area contributed by atoms with Gasteiger partial charge in [0.25, 0.3) is 0 Å². The average molecular weight is 378 g/mol. The van der Waals surface area contributed by atoms with E-state index in [9.17, 15) is 9.18 Å². The van der Waals surface area contributed by atoms with Gasteiger partial charge in [-0.1, -0.05) is 19.1 Å². The third-order valence-electron chi connectivity index (χ3n) is 6.14. The minimum atomic E-state index is -0.245. The Hall–Kier alpha value is -1.50. The number of morpholine rings is 1. The molecule has 1 amide bonds. The Balaban J connectivity index is 1.57. The lowest BCUT2D eigenvalue weighted by atomic mass is 9.85. The van der Waals surface area contributed by atoms with Gasteiger partial charge in [-0.05, 0) is 56.6 Å². The smallest absolute Gasteiger partial charge is 0.220 e. The summed E-state index contributed by atoms with van der Waals surface area (Å²) in [5.41, 5.74) is 1.03. The number of benzene rings is 1. The van der Waals surface area contributed by atoms with Crippen LogP contribution in [-0.4, -0.2) is 74.2 Å². The van der Waals surface area contributed by atoms with Crippen molar-refractivity contribution in [2.75, 3.05) is 53.0 Å². The standard InChI is InChI=1S/C21H32FN3O2/c1-17(18-3-5-19(22)6-4-18)15-20(26)23-16-21(7-9-24(2)10-8-21)25-11-13-27-14-12-25/h3-6,17H,7-16H2,1-2H3,(H,23,26). The second-order valence-corrected chi connectivity index (χ2v) is 8.06. The van der Waals surface area contributed by atoms with Gasteiger partial charge in [0.2, 0.25) is 5.91 Å². The van der Waals surface area contributed by atoms with Crippen LogP contribution in [-0.2, 0) is 9.53 Å². The van der Waals surface area contributed by atoms with E-state index in [1.165, 1.54) is 12.1 Å². The summed E-state index contributed by atoms with van der Waals surface area (Å²) in [5, 5.41) is 3.20. The predicted octanol–water partition coefficient (Wildman–Crippen LogP) is 2.23. The number of ether oxygens (including phenoxy) is 1. The molecule has 0 bridgehead atoms. The van der Waals surface area contributed by atoms with Gasteiger partial charge in [-0.3, -0.25) is 9.69 Å². The molecule has 0 saturated carbocycles. The summed E-state index contributed by atoms with van der Waals surface area (Å²) in [6.45, 7) is 8.23. The Morgan fingerprint density at radius 1 is 1.19 bits per heavy atom. The molecule has 2 saturated heterocycles. The van der Waals surface area contributed by atoms with Gasteiger partial charge in [-0.15, -0.1) is 0 Å². The maximum Gasteiger partial charge on any atom is 0.220 e. The van der Waals surface area contributed by atoms with Crippen molar-refractivity contribution in [3.8, 4) is 0 Å². The van der Waals surface area contributed by atoms with E-state index in [4.69, 9.17) is 4.74 Å². The molecule has 2 heterocycles. The van der Waals surface area contributed by atoms with E-state index in [0.717, 1.165) is 57.8 Å². The van der Waals surface area contributed by atoms with E-state index in [-0.39, 0.29) is 23.2 Å². The molecule has 27 heavy (non-hydrogen) atoms. The number of hydrogen-bond acceptors (Lipinski definition) is 4. The lowest BCUT2D eigenvalue weighted by Crippen LogP contribution is -2.62. The molecule has 0 aliphatic carbocycles. The van der Waals surface area contributed by atoms with E-state index in [0.29, 0.717) is 13.0 Å². The fourth-order valence-electron chi connectivity index (χ4n) is 4.20. The second-order valence-electron chi connectivity index (χ2n) is 8.06. The van der Waals surface area contributed by atoms with E-state index < -0.39 is 0 Å². The maximum atomic E-state index is 13.1. The number of amides is 1. The van der Waals surface area contributed by atoms with Gasteiger partial charge >= 0.3 is 0 Å². The summed E-state index contributed by atoms with van der Waals surface area (Å²) < 4.78 is 18.6. The van der Waals surface area contributed by atoms with Gasteiger partial charge in [-0.2, -0.15) is 0 Å². The van der Waals surface area contributed by atoms with Crippen molar-refractivity contribution in [2.24, 2.45) is 0 Å². The minimum absolute atomic E-state index is 0.0328. The van der Waals surface area contributed by atoms with Crippen LogP contribution in [0.25, 0.3) is 0 Å². The lowest BCUT2D eigenvalue weighted by molar-refractivity contribution is -0.122. The molecule has 1 atom stereocenters. The summed E-state index contributed by atoms with van der Waals surface area (Å²) >= 11 is 0. The first-order valence-corrected chi connectivity index (χ1v) is 10.0. The van der Waals surface area contributed by atoms with Crippen LogP contribution < -0.4 is 5.32 Å². The number of halogens is 1. The topological polar surface area (TPSA) is 44.8 Å². The predicted molar refractivity (Wildman–Crippen MR) is 104 cm³/mol. The molecule has 1 aromatic carbocycles. The zero-order chi connectivity index (χ0) is 19.3. The molecule has 1 aromatic rings. The molecular weight excluding hydrogens is 345 g/mol. The Morgan fingerprint density at radius 2 is 1.81 bits per heavy atom. The Kier molecular flexibility index (Phi) is 6.84. The highest BCUT2D eigenvalue weighted by Crippen LogP contribution is 2.29. The number of rotatable bonds is 6. The number of carbonyl (C=O) groups excluding carboxylic acids is 1. The average Bonchev–Trinajstić information content (AvgIpc) is 2.69. The molecule has 0 aromatic heterocycles. The molecule has 1 N–H and O–H groups in total. The molecule has 0 spiro atoms. The molecule has 2 fully saturated rings. The van der Waals surface area contributed by atoms with Crippen LogP contribution in [0.4, 0.5) is 4.39 Å². The second kappa shape index (κ2) is 9.13. The zero-order valence-corrected chi connectivity index (χ0v) is 16.5. The molecule has 2 aliphatic rings. The largest absolute Gasteiger partial charge is 0.379 e. The van der Waals surface area contributed by atoms with Crippen molar-refractivity contribution < 1.29 is 13.9 Å². The van der Waals surface area contributed by atoms with Crippen molar-refractivity contribution in [1.82, 2.24) is 15.1 Å². The van der Waals surface area contributed by atoms with Crippen molar-refractivity contribution in [1.29, 1.82) is 0 Å². The van der Waals surface area contributed by atoms with Crippen LogP contribution in [0.2, 0.25) is 0 Å². The van der Waals surface area contributed by atoms with Crippen molar-refractivity contribution in [3.05, 3.63) is 35.6 Å². The lowest BCUT2D eigenvalue weighted by Gasteiger charge is -2.49. The Morgan fingerprint density at radius 3 is 2.44 bits per heavy atom. The molecule has 2 aliphatic heterocycles. The molecule has 3 rings (SSSR count). The van der Waals surface area contributed by atoms with Crippen molar-refractivity contribution in [3.63, 3.8) is 0 Å². The number of piperidine rings is 1. The molecular formula is C21H32FN3O2.